The first kappa shape index (κ1) is 56.7. The van der Waals surface area contributed by atoms with Gasteiger partial charge in [0.15, 0.2) is 0 Å². The first-order chi connectivity index (χ1) is 40.5. The van der Waals surface area contributed by atoms with E-state index in [1.165, 1.54) is 21.6 Å². The van der Waals surface area contributed by atoms with Crippen molar-refractivity contribution in [3.05, 3.63) is 240 Å². The molecule has 3 heterocycles. The van der Waals surface area contributed by atoms with Gasteiger partial charge in [-0.05, 0) is 167 Å². The lowest BCUT2D eigenvalue weighted by Crippen LogP contribution is -2.12. The van der Waals surface area contributed by atoms with Crippen molar-refractivity contribution in [3.63, 3.8) is 0 Å². The molecule has 7 N–H and O–H groups in total. The highest BCUT2D eigenvalue weighted by molar-refractivity contribution is 7.99. The van der Waals surface area contributed by atoms with E-state index in [9.17, 15) is 14.7 Å². The summed E-state index contributed by atoms with van der Waals surface area (Å²) in [5.41, 5.74) is 21.2. The average molecular weight is 1140 g/mol. The van der Waals surface area contributed by atoms with E-state index in [0.29, 0.717) is 5.56 Å². The van der Waals surface area contributed by atoms with Gasteiger partial charge < -0.3 is 31.1 Å². The molecule has 12 aromatic rings. The topological polar surface area (TPSA) is 178 Å². The van der Waals surface area contributed by atoms with Crippen LogP contribution in [0.5, 0.6) is 5.75 Å². The van der Waals surface area contributed by atoms with E-state index in [2.05, 4.69) is 139 Å². The van der Waals surface area contributed by atoms with E-state index in [0.717, 1.165) is 106 Å². The number of hydrogen-bond acceptors (Lipinski definition) is 9. The summed E-state index contributed by atoms with van der Waals surface area (Å²) in [6.45, 7) is 1.52. The number of aromatic amines is 3. The number of carbonyl (C=O) groups is 2. The molecule has 83 heavy (non-hydrogen) atoms. The van der Waals surface area contributed by atoms with Crippen LogP contribution in [0.1, 0.15) is 51.4 Å². The fourth-order valence-corrected chi connectivity index (χ4v) is 10.4. The predicted molar refractivity (Wildman–Crippen MR) is 351 cm³/mol. The van der Waals surface area contributed by atoms with Crippen molar-refractivity contribution in [2.75, 3.05) is 24.1 Å². The van der Waals surface area contributed by atoms with Gasteiger partial charge in [-0.25, -0.2) is 15.0 Å². The number of amides is 2. The first-order valence-electron chi connectivity index (χ1n) is 26.5. The average Bonchev–Trinajstić information content (AvgIpc) is 4.30. The Bertz CT molecular complexity index is 4330. The molecular weight excluding hydrogens is 1090 g/mol. The Labute approximate surface area is 494 Å². The molecule has 0 saturated carbocycles. The Hall–Kier alpha value is -9.60. The zero-order valence-electron chi connectivity index (χ0n) is 45.9. The van der Waals surface area contributed by atoms with Crippen molar-refractivity contribution >= 4 is 122 Å². The van der Waals surface area contributed by atoms with E-state index in [1.54, 1.807) is 47.4 Å². The van der Waals surface area contributed by atoms with Crippen molar-refractivity contribution in [1.82, 2.24) is 29.9 Å². The second kappa shape index (κ2) is 26.8. The number of para-hydroxylation sites is 2. The number of aromatic nitrogens is 6. The van der Waals surface area contributed by atoms with Crippen LogP contribution in [0, 0.1) is 0 Å². The second-order valence-electron chi connectivity index (χ2n) is 19.0. The molecule has 2 amide bonds. The van der Waals surface area contributed by atoms with Crippen LogP contribution in [0.3, 0.4) is 0 Å². The molecule has 0 fully saturated rings. The highest BCUT2D eigenvalue weighted by atomic mass is 32.2. The van der Waals surface area contributed by atoms with E-state index in [1.807, 2.05) is 140 Å². The third kappa shape index (κ3) is 14.5. The number of aromatic hydroxyl groups is 1. The Balaban J connectivity index is 0.000000139. The van der Waals surface area contributed by atoms with Gasteiger partial charge in [-0.3, -0.25) is 9.59 Å². The number of benzene rings is 9. The van der Waals surface area contributed by atoms with Gasteiger partial charge in [0, 0.05) is 44.0 Å². The molecule has 9 aromatic carbocycles. The number of thioether (sulfide) groups is 3. The number of nitrogens with zero attached hydrogens (tertiary/aromatic N) is 3. The summed E-state index contributed by atoms with van der Waals surface area (Å²) in [4.78, 5) is 50.9. The Kier molecular flexibility index (Phi) is 18.3. The van der Waals surface area contributed by atoms with Gasteiger partial charge in [0.2, 0.25) is 11.8 Å². The Morgan fingerprint density at radius 3 is 1.20 bits per heavy atom. The van der Waals surface area contributed by atoms with Crippen LogP contribution in [-0.4, -0.2) is 65.6 Å². The Morgan fingerprint density at radius 1 is 0.446 bits per heavy atom. The SMILES string of the molecule is CSc1ccc(/C=C/c2nc3ccc(-c4ccccc4C(N)=O)cc3[nH]2)cc1.CSc1ccc(/C=C/c2nc3ccc(-c4ccccc4NC(C)=O)cc3[nH]2)cc1.CSc1ccc(/C=C/c2nc3ccc(-c4ccccc4O)cc3[nH]2)cc1. The number of hydrogen-bond donors (Lipinski definition) is 6. The number of rotatable bonds is 14. The number of carbonyl (C=O) groups excluding carboxylic acids is 2. The molecule has 0 unspecified atom stereocenters. The molecule has 410 valence electrons. The van der Waals surface area contributed by atoms with Gasteiger partial charge in [-0.1, -0.05) is 127 Å². The number of fused-ring (bicyclic) bond motifs is 3. The minimum atomic E-state index is -0.434. The summed E-state index contributed by atoms with van der Waals surface area (Å²) in [5.74, 6) is 2.16. The molecule has 0 saturated heterocycles. The summed E-state index contributed by atoms with van der Waals surface area (Å²) in [6, 6.07) is 65.7. The lowest BCUT2D eigenvalue weighted by Gasteiger charge is -2.09. The fraction of sp³-hybridized carbons (Fsp3) is 0.0580. The number of H-pyrrole nitrogens is 3. The third-order valence-electron chi connectivity index (χ3n) is 13.4. The lowest BCUT2D eigenvalue weighted by atomic mass is 9.99. The molecule has 0 bridgehead atoms. The van der Waals surface area contributed by atoms with Gasteiger partial charge in [0.25, 0.3) is 0 Å². The van der Waals surface area contributed by atoms with Crippen molar-refractivity contribution < 1.29 is 14.7 Å². The van der Waals surface area contributed by atoms with Crippen LogP contribution < -0.4 is 11.1 Å². The second-order valence-corrected chi connectivity index (χ2v) is 21.7. The summed E-state index contributed by atoms with van der Waals surface area (Å²) >= 11 is 5.19. The minimum Gasteiger partial charge on any atom is -0.507 e. The van der Waals surface area contributed by atoms with Crippen LogP contribution in [0.2, 0.25) is 0 Å². The number of primary amides is 1. The van der Waals surface area contributed by atoms with Crippen molar-refractivity contribution in [1.29, 1.82) is 0 Å². The molecular formula is C69H58N8O3S3. The number of imidazole rings is 3. The summed E-state index contributed by atoms with van der Waals surface area (Å²) in [6.07, 6.45) is 18.3. The third-order valence-corrected chi connectivity index (χ3v) is 15.6. The molecule has 14 heteroatoms. The maximum absolute atomic E-state index is 11.7. The molecule has 11 nitrogen and oxygen atoms in total. The van der Waals surface area contributed by atoms with E-state index in [-0.39, 0.29) is 11.7 Å². The predicted octanol–water partition coefficient (Wildman–Crippen LogP) is 17.1. The van der Waals surface area contributed by atoms with Gasteiger partial charge in [-0.15, -0.1) is 35.3 Å². The van der Waals surface area contributed by atoms with Crippen LogP contribution in [-0.2, 0) is 4.79 Å². The zero-order chi connectivity index (χ0) is 57.7. The van der Waals surface area contributed by atoms with Gasteiger partial charge in [0.1, 0.15) is 23.2 Å². The van der Waals surface area contributed by atoms with E-state index < -0.39 is 5.91 Å². The molecule has 12 rings (SSSR count). The molecule has 0 spiro atoms. The highest BCUT2D eigenvalue weighted by Crippen LogP contribution is 2.33. The molecule has 0 atom stereocenters. The van der Waals surface area contributed by atoms with E-state index in [4.69, 9.17) is 5.73 Å². The smallest absolute Gasteiger partial charge is 0.249 e. The molecule has 3 aromatic heterocycles. The Morgan fingerprint density at radius 2 is 0.807 bits per heavy atom. The number of phenolic OH excluding ortho intramolecular Hbond substituents is 1. The molecule has 0 radical (unpaired) electrons. The van der Waals surface area contributed by atoms with Crippen LogP contribution in [0.15, 0.2) is 215 Å². The van der Waals surface area contributed by atoms with Crippen LogP contribution >= 0.6 is 35.3 Å². The fourth-order valence-electron chi connectivity index (χ4n) is 9.20. The number of anilines is 1. The maximum atomic E-state index is 11.7. The monoisotopic (exact) mass is 1140 g/mol. The van der Waals surface area contributed by atoms with Crippen LogP contribution in [0.4, 0.5) is 5.69 Å². The standard InChI is InChI=1S/C24H21N3OS.C23H19N3OS.C22H18N2OS/c1-16(28)25-21-6-4-3-5-20(21)18-10-13-22-23(15-18)27-24(26-22)14-9-17-7-11-19(29-2)12-8-17;1-28-17-10-6-15(7-11-17)8-13-22-25-20-12-9-16(14-21(20)26-22)18-4-2-3-5-19(18)23(24)27;1-26-17-10-6-15(7-11-17)8-13-22-23-19-12-9-16(14-20(19)24-22)18-4-2-3-5-21(18)25/h3-15H,1-2H3,(H,25,28)(H,26,27);2-14H,1H3,(H2,24,27)(H,25,26);2-14,25H,1H3,(H,23,24)/b14-9+;2*13-8+. The maximum Gasteiger partial charge on any atom is 0.249 e. The first-order valence-corrected chi connectivity index (χ1v) is 30.2. The summed E-state index contributed by atoms with van der Waals surface area (Å²) < 4.78 is 0. The number of nitrogens with one attached hydrogen (secondary N) is 4. The van der Waals surface area contributed by atoms with Crippen molar-refractivity contribution in [2.45, 2.75) is 21.6 Å². The number of phenols is 1. The summed E-state index contributed by atoms with van der Waals surface area (Å²) in [5, 5.41) is 12.9. The van der Waals surface area contributed by atoms with Crippen molar-refractivity contribution in [2.24, 2.45) is 5.73 Å². The highest BCUT2D eigenvalue weighted by Gasteiger charge is 2.13. The molecule has 0 aliphatic carbocycles. The van der Waals surface area contributed by atoms with Crippen molar-refractivity contribution in [3.8, 4) is 39.1 Å². The van der Waals surface area contributed by atoms with E-state index >= 15 is 0 Å². The summed E-state index contributed by atoms with van der Waals surface area (Å²) in [7, 11) is 0. The lowest BCUT2D eigenvalue weighted by molar-refractivity contribution is -0.114. The van der Waals surface area contributed by atoms with Gasteiger partial charge in [0.05, 0.1) is 33.1 Å². The zero-order valence-corrected chi connectivity index (χ0v) is 48.4. The number of nitrogens with two attached hydrogens (primary N) is 1. The molecule has 0 aliphatic rings. The minimum absolute atomic E-state index is 0.0851. The molecule has 0 aliphatic heterocycles. The van der Waals surface area contributed by atoms with Gasteiger partial charge in [-0.2, -0.15) is 0 Å². The van der Waals surface area contributed by atoms with Crippen LogP contribution in [0.25, 0.3) is 103 Å². The quantitative estimate of drug-likeness (QED) is 0.0578. The van der Waals surface area contributed by atoms with Gasteiger partial charge >= 0.3 is 0 Å². The normalized spacial score (nSPS) is 11.3. The largest absolute Gasteiger partial charge is 0.507 e.